The lowest BCUT2D eigenvalue weighted by Gasteiger charge is -2.22. The number of urea groups is 1. The standard InChI is InChI=1S/C20H31N3O4S/c1-5-23(6-2)18(24)16-13(4)15(19(25)27-7-3)17(28-16)22-20(26)21-14-11-9-8-10-12-14/h14H,5-12H2,1-4H3,(H2,21,22,26). The van der Waals surface area contributed by atoms with Gasteiger partial charge in [-0.25, -0.2) is 9.59 Å². The highest BCUT2D eigenvalue weighted by Crippen LogP contribution is 2.34. The summed E-state index contributed by atoms with van der Waals surface area (Å²) < 4.78 is 5.16. The summed E-state index contributed by atoms with van der Waals surface area (Å²) in [6.07, 6.45) is 5.35. The fourth-order valence-corrected chi connectivity index (χ4v) is 4.64. The van der Waals surface area contributed by atoms with Crippen LogP contribution in [-0.2, 0) is 4.74 Å². The van der Waals surface area contributed by atoms with E-state index in [1.165, 1.54) is 6.42 Å². The minimum Gasteiger partial charge on any atom is -0.462 e. The van der Waals surface area contributed by atoms with Crippen molar-refractivity contribution in [1.29, 1.82) is 0 Å². The van der Waals surface area contributed by atoms with Gasteiger partial charge in [0, 0.05) is 19.1 Å². The normalized spacial score (nSPS) is 14.4. The highest BCUT2D eigenvalue weighted by atomic mass is 32.1. The number of rotatable bonds is 7. The van der Waals surface area contributed by atoms with Crippen molar-refractivity contribution >= 4 is 34.2 Å². The van der Waals surface area contributed by atoms with Crippen molar-refractivity contribution in [2.75, 3.05) is 25.0 Å². The summed E-state index contributed by atoms with van der Waals surface area (Å²) in [5.74, 6) is -0.665. The van der Waals surface area contributed by atoms with Gasteiger partial charge in [-0.05, 0) is 46.1 Å². The predicted octanol–water partition coefficient (Wildman–Crippen LogP) is 4.17. The molecule has 0 atom stereocenters. The highest BCUT2D eigenvalue weighted by molar-refractivity contribution is 7.18. The minimum atomic E-state index is -0.525. The molecule has 8 heteroatoms. The number of amides is 3. The Morgan fingerprint density at radius 2 is 1.75 bits per heavy atom. The van der Waals surface area contributed by atoms with E-state index in [0.717, 1.165) is 37.0 Å². The van der Waals surface area contributed by atoms with Crippen LogP contribution in [0.4, 0.5) is 9.80 Å². The Morgan fingerprint density at radius 1 is 1.11 bits per heavy atom. The monoisotopic (exact) mass is 409 g/mol. The van der Waals surface area contributed by atoms with E-state index in [4.69, 9.17) is 4.74 Å². The van der Waals surface area contributed by atoms with E-state index in [-0.39, 0.29) is 30.2 Å². The van der Waals surface area contributed by atoms with Crippen LogP contribution in [0.15, 0.2) is 0 Å². The Balaban J connectivity index is 2.27. The Morgan fingerprint density at radius 3 is 2.32 bits per heavy atom. The molecule has 1 fully saturated rings. The second-order valence-corrected chi connectivity index (χ2v) is 7.91. The first kappa shape index (κ1) is 22.2. The van der Waals surface area contributed by atoms with E-state index >= 15 is 0 Å². The van der Waals surface area contributed by atoms with Gasteiger partial charge in [-0.3, -0.25) is 10.1 Å². The summed E-state index contributed by atoms with van der Waals surface area (Å²) in [5, 5.41) is 6.12. The van der Waals surface area contributed by atoms with Crippen molar-refractivity contribution in [1.82, 2.24) is 10.2 Å². The SMILES string of the molecule is CCOC(=O)c1c(NC(=O)NC2CCCCC2)sc(C(=O)N(CC)CC)c1C. The van der Waals surface area contributed by atoms with E-state index in [0.29, 0.717) is 28.5 Å². The molecule has 156 valence electrons. The van der Waals surface area contributed by atoms with E-state index in [9.17, 15) is 14.4 Å². The third kappa shape index (κ3) is 5.25. The van der Waals surface area contributed by atoms with Crippen LogP contribution in [0, 0.1) is 6.92 Å². The molecule has 0 aliphatic heterocycles. The van der Waals surface area contributed by atoms with E-state index < -0.39 is 5.97 Å². The van der Waals surface area contributed by atoms with Crippen molar-refractivity contribution in [3.63, 3.8) is 0 Å². The van der Waals surface area contributed by atoms with Crippen molar-refractivity contribution in [3.05, 3.63) is 16.0 Å². The Kier molecular flexibility index (Phi) is 8.29. The van der Waals surface area contributed by atoms with E-state index in [2.05, 4.69) is 10.6 Å². The van der Waals surface area contributed by atoms with Crippen molar-refractivity contribution in [3.8, 4) is 0 Å². The zero-order chi connectivity index (χ0) is 20.7. The van der Waals surface area contributed by atoms with Gasteiger partial charge in [-0.2, -0.15) is 0 Å². The summed E-state index contributed by atoms with van der Waals surface area (Å²) in [5.41, 5.74) is 0.814. The van der Waals surface area contributed by atoms with Crippen LogP contribution in [0.3, 0.4) is 0 Å². The molecular formula is C20H31N3O4S. The topological polar surface area (TPSA) is 87.7 Å². The molecule has 2 rings (SSSR count). The molecule has 0 aromatic carbocycles. The van der Waals surface area contributed by atoms with Crippen LogP contribution in [0.2, 0.25) is 0 Å². The van der Waals surface area contributed by atoms with Gasteiger partial charge in [0.25, 0.3) is 5.91 Å². The average molecular weight is 410 g/mol. The zero-order valence-electron chi connectivity index (χ0n) is 17.2. The van der Waals surface area contributed by atoms with Crippen LogP contribution in [0.5, 0.6) is 0 Å². The molecule has 1 aromatic rings. The molecule has 0 radical (unpaired) electrons. The number of hydrogen-bond acceptors (Lipinski definition) is 5. The molecule has 0 unspecified atom stereocenters. The molecule has 1 aliphatic rings. The lowest BCUT2D eigenvalue weighted by molar-refractivity contribution is 0.0527. The third-order valence-corrected chi connectivity index (χ3v) is 6.23. The van der Waals surface area contributed by atoms with Crippen molar-refractivity contribution < 1.29 is 19.1 Å². The van der Waals surface area contributed by atoms with Gasteiger partial charge < -0.3 is 15.0 Å². The van der Waals surface area contributed by atoms with Gasteiger partial charge in [-0.15, -0.1) is 11.3 Å². The lowest BCUT2D eigenvalue weighted by atomic mass is 9.96. The van der Waals surface area contributed by atoms with Gasteiger partial charge in [0.1, 0.15) is 5.00 Å². The maximum atomic E-state index is 12.8. The van der Waals surface area contributed by atoms with Crippen LogP contribution >= 0.6 is 11.3 Å². The van der Waals surface area contributed by atoms with Gasteiger partial charge >= 0.3 is 12.0 Å². The number of nitrogens with zero attached hydrogens (tertiary/aromatic N) is 1. The molecule has 1 saturated carbocycles. The number of esters is 1. The first-order valence-corrected chi connectivity index (χ1v) is 10.9. The Hall–Kier alpha value is -2.09. The van der Waals surface area contributed by atoms with Gasteiger partial charge in [0.15, 0.2) is 0 Å². The fourth-order valence-electron chi connectivity index (χ4n) is 3.48. The average Bonchev–Trinajstić information content (AvgIpc) is 2.99. The molecule has 28 heavy (non-hydrogen) atoms. The third-order valence-electron chi connectivity index (χ3n) is 5.04. The van der Waals surface area contributed by atoms with Crippen LogP contribution in [0.1, 0.15) is 78.5 Å². The number of carbonyl (C=O) groups excluding carboxylic acids is 3. The Bertz CT molecular complexity index is 707. The summed E-state index contributed by atoms with van der Waals surface area (Å²) >= 11 is 1.13. The van der Waals surface area contributed by atoms with Gasteiger partial charge in [0.2, 0.25) is 0 Å². The second-order valence-electron chi connectivity index (χ2n) is 6.89. The zero-order valence-corrected chi connectivity index (χ0v) is 18.0. The largest absolute Gasteiger partial charge is 0.462 e. The van der Waals surface area contributed by atoms with E-state index in [1.807, 2.05) is 13.8 Å². The van der Waals surface area contributed by atoms with Gasteiger partial charge in [0.05, 0.1) is 17.0 Å². The minimum absolute atomic E-state index is 0.140. The number of anilines is 1. The predicted molar refractivity (Wildman–Crippen MR) is 111 cm³/mol. The summed E-state index contributed by atoms with van der Waals surface area (Å²) in [6.45, 7) is 8.65. The second kappa shape index (κ2) is 10.5. The summed E-state index contributed by atoms with van der Waals surface area (Å²) in [4.78, 5) is 40.0. The summed E-state index contributed by atoms with van der Waals surface area (Å²) in [7, 11) is 0. The van der Waals surface area contributed by atoms with Crippen molar-refractivity contribution in [2.45, 2.75) is 65.8 Å². The number of thiophene rings is 1. The molecule has 7 nitrogen and oxygen atoms in total. The molecule has 3 amide bonds. The maximum absolute atomic E-state index is 12.8. The molecule has 1 aromatic heterocycles. The highest BCUT2D eigenvalue weighted by Gasteiger charge is 2.28. The molecule has 1 aliphatic carbocycles. The number of carbonyl (C=O) groups is 3. The Labute approximate surface area is 170 Å². The van der Waals surface area contributed by atoms with Crippen LogP contribution in [0.25, 0.3) is 0 Å². The van der Waals surface area contributed by atoms with Crippen molar-refractivity contribution in [2.24, 2.45) is 0 Å². The number of ether oxygens (including phenoxy) is 1. The van der Waals surface area contributed by atoms with E-state index in [1.54, 1.807) is 18.7 Å². The molecule has 1 heterocycles. The first-order chi connectivity index (χ1) is 13.4. The quantitative estimate of drug-likeness (QED) is 0.662. The number of hydrogen-bond donors (Lipinski definition) is 2. The molecule has 0 bridgehead atoms. The lowest BCUT2D eigenvalue weighted by Crippen LogP contribution is -2.39. The molecule has 2 N–H and O–H groups in total. The summed E-state index contributed by atoms with van der Waals surface area (Å²) in [6, 6.07) is -0.196. The molecular weight excluding hydrogens is 378 g/mol. The molecule has 0 spiro atoms. The smallest absolute Gasteiger partial charge is 0.341 e. The van der Waals surface area contributed by atoms with Crippen LogP contribution in [-0.4, -0.2) is 48.5 Å². The van der Waals surface area contributed by atoms with Gasteiger partial charge in [-0.1, -0.05) is 19.3 Å². The van der Waals surface area contributed by atoms with Crippen LogP contribution < -0.4 is 10.6 Å². The molecule has 0 saturated heterocycles. The first-order valence-electron chi connectivity index (χ1n) is 10.1. The number of nitrogens with one attached hydrogen (secondary N) is 2. The maximum Gasteiger partial charge on any atom is 0.341 e. The fraction of sp³-hybridized carbons (Fsp3) is 0.650.